The second kappa shape index (κ2) is 8.09. The van der Waals surface area contributed by atoms with Crippen molar-refractivity contribution in [1.29, 1.82) is 0 Å². The van der Waals surface area contributed by atoms with Crippen LogP contribution < -0.4 is 4.90 Å². The van der Waals surface area contributed by atoms with Crippen LogP contribution in [0.3, 0.4) is 0 Å². The van der Waals surface area contributed by atoms with Crippen molar-refractivity contribution >= 4 is 28.5 Å². The summed E-state index contributed by atoms with van der Waals surface area (Å²) in [5.74, 6) is 0.503. The van der Waals surface area contributed by atoms with Crippen molar-refractivity contribution in [3.05, 3.63) is 52.4 Å². The molecule has 1 atom stereocenters. The van der Waals surface area contributed by atoms with E-state index in [4.69, 9.17) is 21.1 Å². The van der Waals surface area contributed by atoms with Crippen molar-refractivity contribution in [2.75, 3.05) is 31.5 Å². The third-order valence-electron chi connectivity index (χ3n) is 5.79. The van der Waals surface area contributed by atoms with Crippen LogP contribution >= 0.6 is 11.6 Å². The summed E-state index contributed by atoms with van der Waals surface area (Å²) in [7, 11) is 0. The average Bonchev–Trinajstić information content (AvgIpc) is 3.13. The first-order valence-corrected chi connectivity index (χ1v) is 10.3. The van der Waals surface area contributed by atoms with Crippen molar-refractivity contribution in [1.82, 2.24) is 15.0 Å². The van der Waals surface area contributed by atoms with Crippen molar-refractivity contribution < 1.29 is 18.3 Å². The zero-order chi connectivity index (χ0) is 20.7. The summed E-state index contributed by atoms with van der Waals surface area (Å²) in [4.78, 5) is 14.0. The maximum absolute atomic E-state index is 13.2. The van der Waals surface area contributed by atoms with Gasteiger partial charge in [0.15, 0.2) is 0 Å². The number of hydrogen-bond acceptors (Lipinski definition) is 5. The van der Waals surface area contributed by atoms with E-state index < -0.39 is 6.43 Å². The molecule has 9 heteroatoms. The summed E-state index contributed by atoms with van der Waals surface area (Å²) in [5, 5.41) is 1.78. The number of aromatic nitrogens is 3. The van der Waals surface area contributed by atoms with Crippen LogP contribution in [0.15, 0.2) is 30.5 Å². The van der Waals surface area contributed by atoms with Crippen molar-refractivity contribution in [2.45, 2.75) is 25.3 Å². The lowest BCUT2D eigenvalue weighted by atomic mass is 9.91. The molecule has 1 fully saturated rings. The molecule has 158 valence electrons. The first-order chi connectivity index (χ1) is 14.6. The minimum atomic E-state index is -2.64. The van der Waals surface area contributed by atoms with Crippen molar-refractivity contribution in [3.8, 4) is 0 Å². The van der Waals surface area contributed by atoms with E-state index >= 15 is 0 Å². The van der Waals surface area contributed by atoms with E-state index in [1.54, 1.807) is 0 Å². The van der Waals surface area contributed by atoms with Gasteiger partial charge in [-0.2, -0.15) is 0 Å². The molecule has 4 heterocycles. The number of hydrogen-bond donors (Lipinski definition) is 1. The Morgan fingerprint density at radius 1 is 1.23 bits per heavy atom. The fourth-order valence-corrected chi connectivity index (χ4v) is 4.61. The standard InChI is InChI=1S/C21H21ClF2N4O2/c22-13-1-2-16-15(8-13)14-4-6-28(21-25-5-3-17(27-21)20(23)24)18(19(14)26-16)7-12-9-29-11-30-10-12/h1-3,5,8,12,18,20,26H,4,6-7,9-11H2/t18-/m0/s1. The van der Waals surface area contributed by atoms with Gasteiger partial charge >= 0.3 is 0 Å². The van der Waals surface area contributed by atoms with E-state index in [1.165, 1.54) is 17.8 Å². The molecule has 0 bridgehead atoms. The summed E-state index contributed by atoms with van der Waals surface area (Å²) in [5.41, 5.74) is 3.00. The van der Waals surface area contributed by atoms with Gasteiger partial charge in [0, 0.05) is 40.3 Å². The largest absolute Gasteiger partial charge is 0.356 e. The molecular formula is C21H21ClF2N4O2. The third kappa shape index (κ3) is 3.64. The highest BCUT2D eigenvalue weighted by Crippen LogP contribution is 2.40. The Bertz CT molecular complexity index is 1050. The van der Waals surface area contributed by atoms with Gasteiger partial charge in [-0.05, 0) is 42.7 Å². The van der Waals surface area contributed by atoms with Crippen LogP contribution in [0.25, 0.3) is 10.9 Å². The van der Waals surface area contributed by atoms with Crippen LogP contribution in [0.1, 0.15) is 35.8 Å². The van der Waals surface area contributed by atoms with Crippen LogP contribution in [0.4, 0.5) is 14.7 Å². The average molecular weight is 435 g/mol. The normalized spacial score (nSPS) is 20.1. The second-order valence-electron chi connectivity index (χ2n) is 7.71. The SMILES string of the molecule is FC(F)c1ccnc(N2CCc3c([nH]c4ccc(Cl)cc34)[C@@H]2CC2COCOC2)n1. The molecule has 0 aliphatic carbocycles. The fourth-order valence-electron chi connectivity index (χ4n) is 4.43. The second-order valence-corrected chi connectivity index (χ2v) is 8.15. The van der Waals surface area contributed by atoms with E-state index in [2.05, 4.69) is 15.0 Å². The molecule has 1 saturated heterocycles. The molecule has 0 saturated carbocycles. The monoisotopic (exact) mass is 434 g/mol. The molecule has 2 aliphatic heterocycles. The van der Waals surface area contributed by atoms with Crippen LogP contribution in [0.2, 0.25) is 5.02 Å². The van der Waals surface area contributed by atoms with Crippen LogP contribution in [-0.2, 0) is 15.9 Å². The number of fused-ring (bicyclic) bond motifs is 3. The molecule has 2 aromatic heterocycles. The van der Waals surface area contributed by atoms with Crippen molar-refractivity contribution in [3.63, 3.8) is 0 Å². The number of aromatic amines is 1. The van der Waals surface area contributed by atoms with Crippen molar-refractivity contribution in [2.24, 2.45) is 5.92 Å². The number of anilines is 1. The Kier molecular flexibility index (Phi) is 5.30. The fraction of sp³-hybridized carbons (Fsp3) is 0.429. The molecule has 3 aromatic rings. The number of benzene rings is 1. The van der Waals surface area contributed by atoms with Gasteiger partial charge in [-0.1, -0.05) is 11.6 Å². The van der Waals surface area contributed by atoms with E-state index in [9.17, 15) is 8.78 Å². The lowest BCUT2D eigenvalue weighted by molar-refractivity contribution is -0.128. The highest BCUT2D eigenvalue weighted by Gasteiger charge is 2.34. The van der Waals surface area contributed by atoms with Gasteiger partial charge in [0.2, 0.25) is 5.95 Å². The number of H-pyrrole nitrogens is 1. The van der Waals surface area contributed by atoms with Gasteiger partial charge in [-0.15, -0.1) is 0 Å². The molecule has 1 N–H and O–H groups in total. The summed E-state index contributed by atoms with van der Waals surface area (Å²) < 4.78 is 37.4. The quantitative estimate of drug-likeness (QED) is 0.646. The predicted molar refractivity (Wildman–Crippen MR) is 109 cm³/mol. The molecule has 0 unspecified atom stereocenters. The Morgan fingerprint density at radius 3 is 2.87 bits per heavy atom. The summed E-state index contributed by atoms with van der Waals surface area (Å²) >= 11 is 6.23. The maximum atomic E-state index is 13.2. The molecule has 0 spiro atoms. The minimum Gasteiger partial charge on any atom is -0.356 e. The lowest BCUT2D eigenvalue weighted by Gasteiger charge is -2.38. The Balaban J connectivity index is 1.57. The summed E-state index contributed by atoms with van der Waals surface area (Å²) in [6, 6.07) is 6.95. The zero-order valence-electron chi connectivity index (χ0n) is 16.2. The van der Waals surface area contributed by atoms with Crippen LogP contribution in [0.5, 0.6) is 0 Å². The number of alkyl halides is 2. The highest BCUT2D eigenvalue weighted by atomic mass is 35.5. The topological polar surface area (TPSA) is 63.3 Å². The van der Waals surface area contributed by atoms with E-state index in [-0.39, 0.29) is 17.7 Å². The molecule has 1 aromatic carbocycles. The van der Waals surface area contributed by atoms with Crippen LogP contribution in [0, 0.1) is 5.92 Å². The van der Waals surface area contributed by atoms with Gasteiger partial charge < -0.3 is 19.4 Å². The van der Waals surface area contributed by atoms with Gasteiger partial charge in [0.05, 0.1) is 19.3 Å². The molecule has 5 rings (SSSR count). The molecule has 0 amide bonds. The summed E-state index contributed by atoms with van der Waals surface area (Å²) in [6.07, 6.45) is 0.233. The number of nitrogens with zero attached hydrogens (tertiary/aromatic N) is 3. The number of ether oxygens (including phenoxy) is 2. The lowest BCUT2D eigenvalue weighted by Crippen LogP contribution is -2.39. The number of halogens is 3. The first-order valence-electron chi connectivity index (χ1n) is 9.93. The van der Waals surface area contributed by atoms with E-state index in [1.807, 2.05) is 23.1 Å². The Labute approximate surface area is 177 Å². The predicted octanol–water partition coefficient (Wildman–Crippen LogP) is 4.66. The minimum absolute atomic E-state index is 0.108. The molecule has 2 aliphatic rings. The van der Waals surface area contributed by atoms with Gasteiger partial charge in [-0.25, -0.2) is 18.7 Å². The van der Waals surface area contributed by atoms with Gasteiger partial charge in [-0.3, -0.25) is 0 Å². The highest BCUT2D eigenvalue weighted by molar-refractivity contribution is 6.31. The zero-order valence-corrected chi connectivity index (χ0v) is 16.9. The Morgan fingerprint density at radius 2 is 2.07 bits per heavy atom. The van der Waals surface area contributed by atoms with Gasteiger partial charge in [0.1, 0.15) is 12.5 Å². The molecule has 30 heavy (non-hydrogen) atoms. The summed E-state index contributed by atoms with van der Waals surface area (Å²) in [6.45, 7) is 2.13. The Hall–Kier alpha value is -2.29. The number of rotatable bonds is 4. The third-order valence-corrected chi connectivity index (χ3v) is 6.02. The van der Waals surface area contributed by atoms with Gasteiger partial charge in [0.25, 0.3) is 6.43 Å². The first kappa shape index (κ1) is 19.7. The number of nitrogens with one attached hydrogen (secondary N) is 1. The maximum Gasteiger partial charge on any atom is 0.280 e. The molecular weight excluding hydrogens is 414 g/mol. The molecule has 0 radical (unpaired) electrons. The van der Waals surface area contributed by atoms with E-state index in [0.29, 0.717) is 37.5 Å². The smallest absolute Gasteiger partial charge is 0.280 e. The van der Waals surface area contributed by atoms with Crippen LogP contribution in [-0.4, -0.2) is 41.5 Å². The molecule has 6 nitrogen and oxygen atoms in total. The van der Waals surface area contributed by atoms with E-state index in [0.717, 1.165) is 29.4 Å².